The van der Waals surface area contributed by atoms with E-state index >= 15 is 0 Å². The lowest BCUT2D eigenvalue weighted by atomic mass is 10.0. The minimum Gasteiger partial charge on any atom is -0.493 e. The Kier molecular flexibility index (Phi) is 7.41. The van der Waals surface area contributed by atoms with E-state index in [4.69, 9.17) is 14.2 Å². The zero-order valence-corrected chi connectivity index (χ0v) is 13.2. The molecule has 0 aliphatic rings. The van der Waals surface area contributed by atoms with Crippen molar-refractivity contribution < 1.29 is 14.2 Å². The van der Waals surface area contributed by atoms with Crippen LogP contribution >= 0.6 is 0 Å². The molecule has 1 aromatic carbocycles. The molecule has 114 valence electrons. The number of ether oxygens (including phenoxy) is 3. The first kappa shape index (κ1) is 16.8. The summed E-state index contributed by atoms with van der Waals surface area (Å²) in [6.45, 7) is 6.06. The monoisotopic (exact) mass is 281 g/mol. The molecule has 4 nitrogen and oxygen atoms in total. The molecule has 0 spiro atoms. The van der Waals surface area contributed by atoms with Crippen LogP contribution in [0.4, 0.5) is 0 Å². The van der Waals surface area contributed by atoms with Gasteiger partial charge in [-0.2, -0.15) is 0 Å². The van der Waals surface area contributed by atoms with E-state index in [0.717, 1.165) is 31.1 Å². The van der Waals surface area contributed by atoms with Crippen LogP contribution in [0.2, 0.25) is 0 Å². The van der Waals surface area contributed by atoms with E-state index < -0.39 is 0 Å². The molecule has 0 aliphatic heterocycles. The lowest BCUT2D eigenvalue weighted by molar-refractivity contribution is 0.147. The van der Waals surface area contributed by atoms with Crippen molar-refractivity contribution in [3.8, 4) is 11.5 Å². The fraction of sp³-hybridized carbons (Fsp3) is 0.625. The predicted molar refractivity (Wildman–Crippen MR) is 81.8 cm³/mol. The van der Waals surface area contributed by atoms with Crippen LogP contribution in [0, 0.1) is 5.92 Å². The van der Waals surface area contributed by atoms with Gasteiger partial charge in [-0.15, -0.1) is 0 Å². The average Bonchev–Trinajstić information content (AvgIpc) is 2.45. The Morgan fingerprint density at radius 1 is 1.05 bits per heavy atom. The van der Waals surface area contributed by atoms with E-state index in [1.54, 1.807) is 21.3 Å². The van der Waals surface area contributed by atoms with Crippen molar-refractivity contribution in [1.29, 1.82) is 0 Å². The Labute approximate surface area is 122 Å². The lowest BCUT2D eigenvalue weighted by Gasteiger charge is -2.21. The molecule has 4 heteroatoms. The largest absolute Gasteiger partial charge is 0.493 e. The molecule has 1 N–H and O–H groups in total. The summed E-state index contributed by atoms with van der Waals surface area (Å²) < 4.78 is 15.8. The molecule has 1 rings (SSSR count). The topological polar surface area (TPSA) is 39.7 Å². The molecule has 1 aromatic rings. The molecule has 0 aromatic heterocycles. The second-order valence-electron chi connectivity index (χ2n) is 5.20. The van der Waals surface area contributed by atoms with Crippen LogP contribution in [-0.4, -0.2) is 40.5 Å². The van der Waals surface area contributed by atoms with Crippen LogP contribution < -0.4 is 14.8 Å². The third kappa shape index (κ3) is 5.02. The smallest absolute Gasteiger partial charge is 0.160 e. The minimum absolute atomic E-state index is 0.389. The summed E-state index contributed by atoms with van der Waals surface area (Å²) in [5, 5.41) is 3.54. The first-order valence-corrected chi connectivity index (χ1v) is 7.05. The highest BCUT2D eigenvalue weighted by Crippen LogP contribution is 2.27. The zero-order valence-electron chi connectivity index (χ0n) is 13.2. The number of hydrogen-bond acceptors (Lipinski definition) is 4. The summed E-state index contributed by atoms with van der Waals surface area (Å²) in [6.07, 6.45) is 0.952. The average molecular weight is 281 g/mol. The molecule has 0 fully saturated rings. The number of benzene rings is 1. The van der Waals surface area contributed by atoms with E-state index in [-0.39, 0.29) is 0 Å². The van der Waals surface area contributed by atoms with Gasteiger partial charge in [0.2, 0.25) is 0 Å². The van der Waals surface area contributed by atoms with Gasteiger partial charge in [-0.1, -0.05) is 19.9 Å². The van der Waals surface area contributed by atoms with Gasteiger partial charge in [-0.25, -0.2) is 0 Å². The Hall–Kier alpha value is -1.26. The van der Waals surface area contributed by atoms with E-state index in [1.165, 1.54) is 5.56 Å². The molecule has 0 saturated carbocycles. The van der Waals surface area contributed by atoms with Crippen molar-refractivity contribution in [2.24, 2.45) is 5.92 Å². The summed E-state index contributed by atoms with van der Waals surface area (Å²) in [5.74, 6) is 2.10. The Morgan fingerprint density at radius 3 is 2.30 bits per heavy atom. The minimum atomic E-state index is 0.389. The molecule has 0 amide bonds. The van der Waals surface area contributed by atoms with Crippen molar-refractivity contribution in [3.05, 3.63) is 23.8 Å². The summed E-state index contributed by atoms with van der Waals surface area (Å²) in [6, 6.07) is 6.44. The van der Waals surface area contributed by atoms with Crippen LogP contribution in [0.5, 0.6) is 11.5 Å². The molecule has 0 heterocycles. The van der Waals surface area contributed by atoms with Crippen LogP contribution in [-0.2, 0) is 11.2 Å². The van der Waals surface area contributed by atoms with Crippen molar-refractivity contribution in [2.75, 3.05) is 34.5 Å². The van der Waals surface area contributed by atoms with E-state index in [2.05, 4.69) is 25.2 Å². The standard InChI is InChI=1S/C16H27NO3/c1-12(2)14(11-18-3)17-9-8-13-6-7-15(19-4)16(10-13)20-5/h6-7,10,12,14,17H,8-9,11H2,1-5H3. The van der Waals surface area contributed by atoms with Gasteiger partial charge in [0.1, 0.15) is 0 Å². The number of hydrogen-bond donors (Lipinski definition) is 1. The van der Waals surface area contributed by atoms with Gasteiger partial charge in [-0.3, -0.25) is 0 Å². The van der Waals surface area contributed by atoms with E-state index in [0.29, 0.717) is 12.0 Å². The van der Waals surface area contributed by atoms with Gasteiger partial charge in [0.15, 0.2) is 11.5 Å². The quantitative estimate of drug-likeness (QED) is 0.755. The molecular weight excluding hydrogens is 254 g/mol. The van der Waals surface area contributed by atoms with Gasteiger partial charge < -0.3 is 19.5 Å². The van der Waals surface area contributed by atoms with Gasteiger partial charge in [-0.05, 0) is 36.6 Å². The maximum absolute atomic E-state index is 5.32. The van der Waals surface area contributed by atoms with Gasteiger partial charge in [0.05, 0.1) is 20.8 Å². The zero-order chi connectivity index (χ0) is 15.0. The van der Waals surface area contributed by atoms with Crippen LogP contribution in [0.1, 0.15) is 19.4 Å². The Morgan fingerprint density at radius 2 is 1.75 bits per heavy atom. The number of rotatable bonds is 9. The second kappa shape index (κ2) is 8.82. The SMILES string of the molecule is COCC(NCCc1ccc(OC)c(OC)c1)C(C)C. The summed E-state index contributed by atoms with van der Waals surface area (Å²) in [4.78, 5) is 0. The molecule has 0 radical (unpaired) electrons. The van der Waals surface area contributed by atoms with Crippen molar-refractivity contribution >= 4 is 0 Å². The van der Waals surface area contributed by atoms with Crippen LogP contribution in [0.15, 0.2) is 18.2 Å². The van der Waals surface area contributed by atoms with E-state index in [9.17, 15) is 0 Å². The maximum atomic E-state index is 5.32. The van der Waals surface area contributed by atoms with Crippen molar-refractivity contribution in [2.45, 2.75) is 26.3 Å². The van der Waals surface area contributed by atoms with Crippen LogP contribution in [0.25, 0.3) is 0 Å². The Bertz CT molecular complexity index is 393. The molecular formula is C16H27NO3. The second-order valence-corrected chi connectivity index (χ2v) is 5.20. The van der Waals surface area contributed by atoms with E-state index in [1.807, 2.05) is 12.1 Å². The fourth-order valence-corrected chi connectivity index (χ4v) is 2.10. The predicted octanol–water partition coefficient (Wildman–Crippen LogP) is 2.51. The normalized spacial score (nSPS) is 12.5. The summed E-state index contributed by atoms with van der Waals surface area (Å²) >= 11 is 0. The van der Waals surface area contributed by atoms with Gasteiger partial charge in [0, 0.05) is 13.2 Å². The summed E-state index contributed by atoms with van der Waals surface area (Å²) in [7, 11) is 5.05. The van der Waals surface area contributed by atoms with Crippen molar-refractivity contribution in [3.63, 3.8) is 0 Å². The maximum Gasteiger partial charge on any atom is 0.160 e. The molecule has 0 bridgehead atoms. The summed E-state index contributed by atoms with van der Waals surface area (Å²) in [5.41, 5.74) is 1.23. The highest BCUT2D eigenvalue weighted by molar-refractivity contribution is 5.42. The Balaban J connectivity index is 2.53. The lowest BCUT2D eigenvalue weighted by Crippen LogP contribution is -2.38. The highest BCUT2D eigenvalue weighted by atomic mass is 16.5. The molecule has 1 atom stereocenters. The first-order valence-electron chi connectivity index (χ1n) is 7.05. The van der Waals surface area contributed by atoms with Gasteiger partial charge >= 0.3 is 0 Å². The fourth-order valence-electron chi connectivity index (χ4n) is 2.10. The molecule has 1 unspecified atom stereocenters. The number of methoxy groups -OCH3 is 3. The molecule has 20 heavy (non-hydrogen) atoms. The van der Waals surface area contributed by atoms with Crippen molar-refractivity contribution in [1.82, 2.24) is 5.32 Å². The van der Waals surface area contributed by atoms with Crippen LogP contribution in [0.3, 0.4) is 0 Å². The number of nitrogens with one attached hydrogen (secondary N) is 1. The third-order valence-electron chi connectivity index (χ3n) is 3.42. The molecule has 0 saturated heterocycles. The highest BCUT2D eigenvalue weighted by Gasteiger charge is 2.12. The first-order chi connectivity index (χ1) is 9.62. The molecule has 0 aliphatic carbocycles. The third-order valence-corrected chi connectivity index (χ3v) is 3.42. The van der Waals surface area contributed by atoms with Gasteiger partial charge in [0.25, 0.3) is 0 Å².